The Kier molecular flexibility index (Phi) is 4.45. The highest BCUT2D eigenvalue weighted by atomic mass is 16.4. The molecular formula is C11H15N3O3. The Morgan fingerprint density at radius 1 is 1.76 bits per heavy atom. The normalized spacial score (nSPS) is 11.8. The Labute approximate surface area is 98.6 Å². The first-order valence-corrected chi connectivity index (χ1v) is 5.25. The van der Waals surface area contributed by atoms with Gasteiger partial charge in [-0.1, -0.05) is 6.08 Å². The van der Waals surface area contributed by atoms with Crippen LogP contribution in [-0.2, 0) is 11.3 Å². The minimum atomic E-state index is -1.04. The molecule has 0 aliphatic heterocycles. The fourth-order valence-electron chi connectivity index (χ4n) is 1.35. The number of carboxylic acids is 1. The lowest BCUT2D eigenvalue weighted by molar-refractivity contribution is -0.137. The number of carbonyl (C=O) groups is 1. The van der Waals surface area contributed by atoms with E-state index in [2.05, 4.69) is 16.9 Å². The maximum Gasteiger partial charge on any atom is 0.326 e. The standard InChI is InChI=1S/C11H15N3O3/c1-3-5-8(11(16)17)13-9-10(15)14(4-2)7-6-12-9/h3,6-8H,1,4-5H2,2H3,(H,12,13)(H,16,17). The number of hydrogen-bond donors (Lipinski definition) is 2. The van der Waals surface area contributed by atoms with E-state index in [1.165, 1.54) is 16.8 Å². The highest BCUT2D eigenvalue weighted by Gasteiger charge is 2.17. The van der Waals surface area contributed by atoms with E-state index < -0.39 is 12.0 Å². The second-order valence-electron chi connectivity index (χ2n) is 3.43. The molecule has 92 valence electrons. The monoisotopic (exact) mass is 237 g/mol. The van der Waals surface area contributed by atoms with Crippen molar-refractivity contribution in [2.45, 2.75) is 25.9 Å². The highest BCUT2D eigenvalue weighted by Crippen LogP contribution is 2.02. The third kappa shape index (κ3) is 3.17. The Balaban J connectivity index is 2.97. The van der Waals surface area contributed by atoms with Gasteiger partial charge in [-0.25, -0.2) is 9.78 Å². The van der Waals surface area contributed by atoms with Crippen molar-refractivity contribution in [3.8, 4) is 0 Å². The van der Waals surface area contributed by atoms with Gasteiger partial charge < -0.3 is 15.0 Å². The van der Waals surface area contributed by atoms with E-state index in [4.69, 9.17) is 5.11 Å². The molecule has 1 unspecified atom stereocenters. The molecule has 0 spiro atoms. The number of anilines is 1. The van der Waals surface area contributed by atoms with Crippen molar-refractivity contribution >= 4 is 11.8 Å². The van der Waals surface area contributed by atoms with Crippen LogP contribution in [0.2, 0.25) is 0 Å². The number of carboxylic acid groups (broad SMARTS) is 1. The van der Waals surface area contributed by atoms with Gasteiger partial charge in [-0.05, 0) is 13.3 Å². The average Bonchev–Trinajstić information content (AvgIpc) is 2.30. The van der Waals surface area contributed by atoms with Gasteiger partial charge in [0.25, 0.3) is 5.56 Å². The number of nitrogens with one attached hydrogen (secondary N) is 1. The lowest BCUT2D eigenvalue weighted by atomic mass is 10.2. The fourth-order valence-corrected chi connectivity index (χ4v) is 1.35. The van der Waals surface area contributed by atoms with Crippen molar-refractivity contribution in [3.63, 3.8) is 0 Å². The summed E-state index contributed by atoms with van der Waals surface area (Å²) in [5, 5.41) is 11.5. The van der Waals surface area contributed by atoms with Crippen molar-refractivity contribution in [2.24, 2.45) is 0 Å². The molecule has 0 aliphatic carbocycles. The molecule has 0 saturated heterocycles. The number of nitrogens with zero attached hydrogens (tertiary/aromatic N) is 2. The summed E-state index contributed by atoms with van der Waals surface area (Å²) in [4.78, 5) is 26.5. The smallest absolute Gasteiger partial charge is 0.326 e. The first-order valence-electron chi connectivity index (χ1n) is 5.25. The Morgan fingerprint density at radius 2 is 2.47 bits per heavy atom. The van der Waals surface area contributed by atoms with Crippen LogP contribution in [0.15, 0.2) is 29.8 Å². The summed E-state index contributed by atoms with van der Waals surface area (Å²) in [6.07, 6.45) is 4.71. The zero-order chi connectivity index (χ0) is 12.8. The molecule has 0 bridgehead atoms. The second-order valence-corrected chi connectivity index (χ2v) is 3.43. The van der Waals surface area contributed by atoms with Gasteiger partial charge in [-0.2, -0.15) is 0 Å². The third-order valence-corrected chi connectivity index (χ3v) is 2.27. The van der Waals surface area contributed by atoms with Gasteiger partial charge >= 0.3 is 5.97 Å². The van der Waals surface area contributed by atoms with Crippen LogP contribution >= 0.6 is 0 Å². The van der Waals surface area contributed by atoms with Crippen LogP contribution in [0, 0.1) is 0 Å². The maximum atomic E-state index is 11.8. The summed E-state index contributed by atoms with van der Waals surface area (Å²) >= 11 is 0. The summed E-state index contributed by atoms with van der Waals surface area (Å²) in [6.45, 7) is 5.81. The number of hydrogen-bond acceptors (Lipinski definition) is 4. The molecule has 0 aliphatic rings. The zero-order valence-corrected chi connectivity index (χ0v) is 9.59. The molecule has 1 atom stereocenters. The first-order chi connectivity index (χ1) is 8.10. The Bertz CT molecular complexity index is 467. The molecule has 17 heavy (non-hydrogen) atoms. The molecule has 0 aromatic carbocycles. The molecule has 1 aromatic rings. The number of aliphatic carboxylic acids is 1. The molecular weight excluding hydrogens is 222 g/mol. The predicted octanol–water partition coefficient (Wildman–Crippen LogP) is 0.704. The van der Waals surface area contributed by atoms with Gasteiger partial charge in [-0.3, -0.25) is 4.79 Å². The van der Waals surface area contributed by atoms with Gasteiger partial charge in [0.05, 0.1) is 0 Å². The lowest BCUT2D eigenvalue weighted by Crippen LogP contribution is -2.33. The number of aryl methyl sites for hydroxylation is 1. The van der Waals surface area contributed by atoms with E-state index in [1.54, 1.807) is 6.20 Å². The van der Waals surface area contributed by atoms with Crippen molar-refractivity contribution in [1.29, 1.82) is 0 Å². The van der Waals surface area contributed by atoms with Crippen molar-refractivity contribution in [2.75, 3.05) is 5.32 Å². The molecule has 0 fully saturated rings. The largest absolute Gasteiger partial charge is 0.480 e. The SMILES string of the molecule is C=CCC(Nc1nccn(CC)c1=O)C(=O)O. The van der Waals surface area contributed by atoms with E-state index in [1.807, 2.05) is 6.92 Å². The lowest BCUT2D eigenvalue weighted by Gasteiger charge is -2.13. The van der Waals surface area contributed by atoms with Crippen LogP contribution in [0.3, 0.4) is 0 Å². The van der Waals surface area contributed by atoms with Crippen LogP contribution in [-0.4, -0.2) is 26.7 Å². The molecule has 1 aromatic heterocycles. The molecule has 6 nitrogen and oxygen atoms in total. The van der Waals surface area contributed by atoms with Gasteiger partial charge in [0.2, 0.25) is 0 Å². The van der Waals surface area contributed by atoms with E-state index in [9.17, 15) is 9.59 Å². The van der Waals surface area contributed by atoms with Crippen LogP contribution in [0.1, 0.15) is 13.3 Å². The Morgan fingerprint density at radius 3 is 3.00 bits per heavy atom. The number of rotatable bonds is 6. The molecule has 2 N–H and O–H groups in total. The zero-order valence-electron chi connectivity index (χ0n) is 9.59. The first kappa shape index (κ1) is 13.0. The topological polar surface area (TPSA) is 84.2 Å². The number of aromatic nitrogens is 2. The molecule has 0 radical (unpaired) electrons. The minimum absolute atomic E-state index is 0.0450. The summed E-state index contributed by atoms with van der Waals surface area (Å²) in [6, 6.07) is -0.889. The van der Waals surface area contributed by atoms with E-state index in [0.29, 0.717) is 6.54 Å². The van der Waals surface area contributed by atoms with Crippen LogP contribution in [0.25, 0.3) is 0 Å². The van der Waals surface area contributed by atoms with Crippen LogP contribution < -0.4 is 10.9 Å². The van der Waals surface area contributed by atoms with Gasteiger partial charge in [-0.15, -0.1) is 6.58 Å². The van der Waals surface area contributed by atoms with Crippen molar-refractivity contribution < 1.29 is 9.90 Å². The maximum absolute atomic E-state index is 11.8. The van der Waals surface area contributed by atoms with Crippen molar-refractivity contribution in [3.05, 3.63) is 35.4 Å². The van der Waals surface area contributed by atoms with Crippen LogP contribution in [0.5, 0.6) is 0 Å². The van der Waals surface area contributed by atoms with Gasteiger partial charge in [0.1, 0.15) is 6.04 Å². The highest BCUT2D eigenvalue weighted by molar-refractivity contribution is 5.76. The Hall–Kier alpha value is -2.11. The van der Waals surface area contributed by atoms with E-state index in [0.717, 1.165) is 0 Å². The molecule has 1 rings (SSSR count). The van der Waals surface area contributed by atoms with E-state index >= 15 is 0 Å². The van der Waals surface area contributed by atoms with Gasteiger partial charge in [0.15, 0.2) is 5.82 Å². The summed E-state index contributed by atoms with van der Waals surface area (Å²) in [7, 11) is 0. The van der Waals surface area contributed by atoms with Crippen LogP contribution in [0.4, 0.5) is 5.82 Å². The quantitative estimate of drug-likeness (QED) is 0.712. The summed E-state index contributed by atoms with van der Waals surface area (Å²) in [5.74, 6) is -0.999. The molecule has 0 amide bonds. The fraction of sp³-hybridized carbons (Fsp3) is 0.364. The molecule has 1 heterocycles. The van der Waals surface area contributed by atoms with Crippen molar-refractivity contribution in [1.82, 2.24) is 9.55 Å². The molecule has 0 saturated carbocycles. The van der Waals surface area contributed by atoms with E-state index in [-0.39, 0.29) is 17.8 Å². The minimum Gasteiger partial charge on any atom is -0.480 e. The van der Waals surface area contributed by atoms with Gasteiger partial charge in [0, 0.05) is 18.9 Å². The molecule has 6 heteroatoms. The average molecular weight is 237 g/mol. The third-order valence-electron chi connectivity index (χ3n) is 2.27. The summed E-state index contributed by atoms with van der Waals surface area (Å²) in [5.41, 5.74) is -0.328. The predicted molar refractivity (Wildman–Crippen MR) is 64.0 cm³/mol. The second kappa shape index (κ2) is 5.83. The summed E-state index contributed by atoms with van der Waals surface area (Å²) < 4.78 is 1.45.